The smallest absolute Gasteiger partial charge is 0.335 e. The van der Waals surface area contributed by atoms with E-state index in [0.717, 1.165) is 4.52 Å². The molecule has 0 unspecified atom stereocenters. The van der Waals surface area contributed by atoms with Gasteiger partial charge in [-0.05, 0) is 42.3 Å². The molecule has 39 heavy (non-hydrogen) atoms. The highest BCUT2D eigenvalue weighted by Crippen LogP contribution is 2.28. The minimum Gasteiger partial charge on any atom is -0.489 e. The monoisotopic (exact) mass is 531 g/mol. The normalized spacial score (nSPS) is 13.1. The van der Waals surface area contributed by atoms with Gasteiger partial charge < -0.3 is 30.9 Å². The molecule has 0 aliphatic carbocycles. The number of fused-ring (bicyclic) bond motifs is 2. The lowest BCUT2D eigenvalue weighted by atomic mass is 10.1. The van der Waals surface area contributed by atoms with Crippen LogP contribution in [0, 0.1) is 0 Å². The number of anilines is 1. The highest BCUT2D eigenvalue weighted by atomic mass is 16.5. The number of carboxylic acid groups (broad SMARTS) is 1. The van der Waals surface area contributed by atoms with Crippen LogP contribution in [0.1, 0.15) is 55.4 Å². The van der Waals surface area contributed by atoms with Crippen LogP contribution in [0.25, 0.3) is 5.65 Å². The standard InChI is InChI=1S/C25H21N7O7/c1-12(14-3-5-15(6-4-14)25(37)38)27-23(35)18-9-17(29-21-24(36)30-31-32(18)21)22(34)26-10-13-2-7-19-16(8-13)28-20(33)11-39-19/h2-9,12,36H,10-11H2,1H3,(H,26,34)(H,27,35)(H,28,33)(H,37,38)/t12-/m0/s1. The summed E-state index contributed by atoms with van der Waals surface area (Å²) in [5, 5.41) is 34.6. The van der Waals surface area contributed by atoms with Gasteiger partial charge in [0, 0.05) is 12.6 Å². The van der Waals surface area contributed by atoms with Crippen molar-refractivity contribution in [2.75, 3.05) is 11.9 Å². The number of carboxylic acids is 1. The number of ether oxygens (including phenoxy) is 1. The van der Waals surface area contributed by atoms with Crippen LogP contribution in [0.4, 0.5) is 5.69 Å². The molecule has 5 rings (SSSR count). The Morgan fingerprint density at radius 1 is 1.13 bits per heavy atom. The predicted molar refractivity (Wildman–Crippen MR) is 133 cm³/mol. The number of carbonyl (C=O) groups excluding carboxylic acids is 3. The van der Waals surface area contributed by atoms with Crippen molar-refractivity contribution in [3.8, 4) is 11.6 Å². The fourth-order valence-corrected chi connectivity index (χ4v) is 3.93. The number of amides is 3. The third-order valence-electron chi connectivity index (χ3n) is 5.96. The Bertz CT molecular complexity index is 1630. The minimum absolute atomic E-state index is 0.0702. The summed E-state index contributed by atoms with van der Waals surface area (Å²) in [7, 11) is 0. The molecule has 0 saturated carbocycles. The Labute approximate surface area is 219 Å². The number of nitrogens with one attached hydrogen (secondary N) is 3. The molecule has 0 radical (unpaired) electrons. The van der Waals surface area contributed by atoms with E-state index in [1.165, 1.54) is 18.2 Å². The van der Waals surface area contributed by atoms with E-state index in [2.05, 4.69) is 31.2 Å². The van der Waals surface area contributed by atoms with Crippen molar-refractivity contribution in [3.05, 3.63) is 76.6 Å². The maximum atomic E-state index is 13.2. The zero-order valence-electron chi connectivity index (χ0n) is 20.3. The van der Waals surface area contributed by atoms with Crippen LogP contribution >= 0.6 is 0 Å². The highest BCUT2D eigenvalue weighted by Gasteiger charge is 2.22. The van der Waals surface area contributed by atoms with Crippen LogP contribution in [0.5, 0.6) is 11.6 Å². The number of hydrogen-bond donors (Lipinski definition) is 5. The van der Waals surface area contributed by atoms with Gasteiger partial charge in [0.25, 0.3) is 23.6 Å². The number of carbonyl (C=O) groups is 4. The van der Waals surface area contributed by atoms with Crippen molar-refractivity contribution in [1.29, 1.82) is 0 Å². The second kappa shape index (κ2) is 10.1. The van der Waals surface area contributed by atoms with Crippen molar-refractivity contribution in [3.63, 3.8) is 0 Å². The predicted octanol–water partition coefficient (Wildman–Crippen LogP) is 1.28. The molecule has 3 amide bonds. The van der Waals surface area contributed by atoms with Gasteiger partial charge in [-0.3, -0.25) is 14.4 Å². The molecular formula is C25H21N7O7. The van der Waals surface area contributed by atoms with Gasteiger partial charge in [-0.1, -0.05) is 28.5 Å². The van der Waals surface area contributed by atoms with Gasteiger partial charge in [-0.15, -0.1) is 0 Å². The quantitative estimate of drug-likeness (QED) is 0.232. The van der Waals surface area contributed by atoms with Crippen LogP contribution in [0.15, 0.2) is 48.5 Å². The summed E-state index contributed by atoms with van der Waals surface area (Å²) < 4.78 is 6.34. The molecule has 4 aromatic rings. The van der Waals surface area contributed by atoms with Crippen molar-refractivity contribution in [2.45, 2.75) is 19.5 Å². The van der Waals surface area contributed by atoms with E-state index in [4.69, 9.17) is 9.84 Å². The van der Waals surface area contributed by atoms with Crippen LogP contribution in [0.3, 0.4) is 0 Å². The van der Waals surface area contributed by atoms with Crippen LogP contribution < -0.4 is 20.7 Å². The number of rotatable bonds is 7. The summed E-state index contributed by atoms with van der Waals surface area (Å²) in [4.78, 5) is 52.9. The highest BCUT2D eigenvalue weighted by molar-refractivity contribution is 5.99. The second-order valence-corrected chi connectivity index (χ2v) is 8.65. The van der Waals surface area contributed by atoms with Gasteiger partial charge >= 0.3 is 5.97 Å². The van der Waals surface area contributed by atoms with Crippen LogP contribution in [-0.4, -0.2) is 60.3 Å². The third-order valence-corrected chi connectivity index (χ3v) is 5.96. The zero-order valence-corrected chi connectivity index (χ0v) is 20.3. The SMILES string of the molecule is C[C@H](NC(=O)c1cc(C(=O)NCc2ccc3c(c2)NC(=O)CO3)nc2c(O)nnn12)c1ccc(C(=O)O)cc1. The summed E-state index contributed by atoms with van der Waals surface area (Å²) in [6, 6.07) is 11.7. The second-order valence-electron chi connectivity index (χ2n) is 8.65. The van der Waals surface area contributed by atoms with Gasteiger partial charge in [-0.2, -0.15) is 4.52 Å². The van der Waals surface area contributed by atoms with E-state index in [9.17, 15) is 24.3 Å². The molecule has 0 saturated heterocycles. The fraction of sp³-hybridized carbons (Fsp3) is 0.160. The maximum Gasteiger partial charge on any atom is 0.335 e. The Kier molecular flexibility index (Phi) is 6.50. The summed E-state index contributed by atoms with van der Waals surface area (Å²) in [6.07, 6.45) is 0. The van der Waals surface area contributed by atoms with Gasteiger partial charge in [-0.25, -0.2) is 9.78 Å². The van der Waals surface area contributed by atoms with Crippen molar-refractivity contribution in [2.24, 2.45) is 0 Å². The number of aromatic nitrogens is 4. The van der Waals surface area contributed by atoms with E-state index in [0.29, 0.717) is 22.6 Å². The topological polar surface area (TPSA) is 197 Å². The molecule has 198 valence electrons. The van der Waals surface area contributed by atoms with Crippen molar-refractivity contribution < 1.29 is 34.1 Å². The first-order valence-corrected chi connectivity index (χ1v) is 11.6. The number of aromatic hydroxyl groups is 1. The fourth-order valence-electron chi connectivity index (χ4n) is 3.93. The summed E-state index contributed by atoms with van der Waals surface area (Å²) >= 11 is 0. The van der Waals surface area contributed by atoms with E-state index < -0.39 is 29.7 Å². The van der Waals surface area contributed by atoms with E-state index in [1.807, 2.05) is 0 Å². The summed E-state index contributed by atoms with van der Waals surface area (Å²) in [5.74, 6) is -2.68. The molecule has 2 aromatic heterocycles. The lowest BCUT2D eigenvalue weighted by Crippen LogP contribution is -2.30. The van der Waals surface area contributed by atoms with E-state index in [-0.39, 0.29) is 41.7 Å². The third kappa shape index (κ3) is 5.16. The largest absolute Gasteiger partial charge is 0.489 e. The molecule has 0 bridgehead atoms. The molecule has 1 aliphatic rings. The van der Waals surface area contributed by atoms with Crippen LogP contribution in [-0.2, 0) is 11.3 Å². The number of nitrogens with zero attached hydrogens (tertiary/aromatic N) is 4. The van der Waals surface area contributed by atoms with E-state index in [1.54, 1.807) is 37.3 Å². The molecule has 14 heteroatoms. The Hall–Kier alpha value is -5.53. The molecule has 1 aliphatic heterocycles. The van der Waals surface area contributed by atoms with Crippen LogP contribution in [0.2, 0.25) is 0 Å². The summed E-state index contributed by atoms with van der Waals surface area (Å²) in [6.45, 7) is 1.70. The summed E-state index contributed by atoms with van der Waals surface area (Å²) in [5.41, 5.74) is 1.43. The molecule has 1 atom stereocenters. The molecule has 5 N–H and O–H groups in total. The average molecular weight is 531 g/mol. The molecule has 3 heterocycles. The van der Waals surface area contributed by atoms with Gasteiger partial charge in [0.1, 0.15) is 17.1 Å². The molecule has 2 aromatic carbocycles. The van der Waals surface area contributed by atoms with Gasteiger partial charge in [0.05, 0.1) is 17.3 Å². The maximum absolute atomic E-state index is 13.2. The number of hydrogen-bond acceptors (Lipinski definition) is 9. The number of aromatic carboxylic acids is 1. The van der Waals surface area contributed by atoms with E-state index >= 15 is 0 Å². The van der Waals surface area contributed by atoms with Crippen molar-refractivity contribution >= 4 is 35.0 Å². The minimum atomic E-state index is -1.07. The molecule has 14 nitrogen and oxygen atoms in total. The molecular weight excluding hydrogens is 510 g/mol. The first-order chi connectivity index (χ1) is 18.7. The average Bonchev–Trinajstić information content (AvgIpc) is 3.31. The number of benzene rings is 2. The Balaban J connectivity index is 1.35. The molecule has 0 fully saturated rings. The van der Waals surface area contributed by atoms with Crippen molar-refractivity contribution in [1.82, 2.24) is 30.4 Å². The van der Waals surface area contributed by atoms with Gasteiger partial charge in [0.15, 0.2) is 6.61 Å². The Morgan fingerprint density at radius 2 is 1.90 bits per heavy atom. The zero-order chi connectivity index (χ0) is 27.7. The first-order valence-electron chi connectivity index (χ1n) is 11.6. The lowest BCUT2D eigenvalue weighted by Gasteiger charge is -2.18. The Morgan fingerprint density at radius 3 is 2.64 bits per heavy atom. The lowest BCUT2D eigenvalue weighted by molar-refractivity contribution is -0.118. The van der Waals surface area contributed by atoms with Gasteiger partial charge in [0.2, 0.25) is 5.65 Å². The molecule has 0 spiro atoms. The first kappa shape index (κ1) is 25.1.